The van der Waals surface area contributed by atoms with Gasteiger partial charge in [-0.3, -0.25) is 9.59 Å². The normalized spacial score (nSPS) is 10.3. The maximum absolute atomic E-state index is 11.8. The summed E-state index contributed by atoms with van der Waals surface area (Å²) in [6.45, 7) is 4.42. The number of amides is 2. The van der Waals surface area contributed by atoms with Crippen LogP contribution in [0.5, 0.6) is 0 Å². The molecule has 5 nitrogen and oxygen atoms in total. The van der Waals surface area contributed by atoms with Crippen LogP contribution in [0.15, 0.2) is 22.7 Å². The van der Waals surface area contributed by atoms with E-state index in [1.807, 2.05) is 13.8 Å². The number of hydrogen-bond acceptors (Lipinski definition) is 3. The molecular weight excluding hydrogens is 310 g/mol. The lowest BCUT2D eigenvalue weighted by Crippen LogP contribution is -2.36. The molecule has 0 aliphatic carbocycles. The fourth-order valence-electron chi connectivity index (χ4n) is 1.41. The Labute approximate surface area is 121 Å². The Bertz CT molecular complexity index is 455. The third-order valence-corrected chi connectivity index (χ3v) is 2.87. The van der Waals surface area contributed by atoms with E-state index in [0.717, 1.165) is 4.47 Å². The standard InChI is InChI=1S/C13H18BrN3O2/c1-8(2)12(18)16-3-4-17-13(19)9-5-10(14)7-11(15)6-9/h5-8H,3-4,15H2,1-2H3,(H,16,18)(H,17,19). The Balaban J connectivity index is 2.41. The van der Waals surface area contributed by atoms with E-state index < -0.39 is 0 Å². The summed E-state index contributed by atoms with van der Waals surface area (Å²) in [7, 11) is 0. The van der Waals surface area contributed by atoms with Crippen LogP contribution in [0, 0.1) is 5.92 Å². The maximum Gasteiger partial charge on any atom is 0.251 e. The van der Waals surface area contributed by atoms with Gasteiger partial charge in [-0.15, -0.1) is 0 Å². The summed E-state index contributed by atoms with van der Waals surface area (Å²) in [6.07, 6.45) is 0. The number of halogens is 1. The summed E-state index contributed by atoms with van der Waals surface area (Å²) in [5.74, 6) is -0.298. The number of nitrogens with two attached hydrogens (primary N) is 1. The van der Waals surface area contributed by atoms with Gasteiger partial charge >= 0.3 is 0 Å². The van der Waals surface area contributed by atoms with Gasteiger partial charge in [0, 0.05) is 34.7 Å². The van der Waals surface area contributed by atoms with E-state index in [1.165, 1.54) is 0 Å². The van der Waals surface area contributed by atoms with Crippen molar-refractivity contribution in [3.05, 3.63) is 28.2 Å². The summed E-state index contributed by atoms with van der Waals surface area (Å²) < 4.78 is 0.755. The molecule has 0 spiro atoms. The van der Waals surface area contributed by atoms with Crippen molar-refractivity contribution in [1.82, 2.24) is 10.6 Å². The molecule has 2 amide bonds. The number of nitrogen functional groups attached to an aromatic ring is 1. The third-order valence-electron chi connectivity index (χ3n) is 2.42. The molecule has 0 heterocycles. The van der Waals surface area contributed by atoms with E-state index in [9.17, 15) is 9.59 Å². The molecule has 0 radical (unpaired) electrons. The number of carbonyl (C=O) groups excluding carboxylic acids is 2. The molecule has 0 bridgehead atoms. The Kier molecular flexibility index (Phi) is 5.82. The van der Waals surface area contributed by atoms with Crippen LogP contribution in [-0.2, 0) is 4.79 Å². The number of carbonyl (C=O) groups is 2. The molecule has 0 aliphatic heterocycles. The lowest BCUT2D eigenvalue weighted by atomic mass is 10.2. The minimum Gasteiger partial charge on any atom is -0.399 e. The van der Waals surface area contributed by atoms with Gasteiger partial charge < -0.3 is 16.4 Å². The lowest BCUT2D eigenvalue weighted by molar-refractivity contribution is -0.123. The van der Waals surface area contributed by atoms with Gasteiger partial charge in [0.15, 0.2) is 0 Å². The smallest absolute Gasteiger partial charge is 0.251 e. The molecule has 0 atom stereocenters. The summed E-state index contributed by atoms with van der Waals surface area (Å²) in [6, 6.07) is 5.02. The average Bonchev–Trinajstić information content (AvgIpc) is 2.32. The van der Waals surface area contributed by atoms with Crippen LogP contribution >= 0.6 is 15.9 Å². The number of hydrogen-bond donors (Lipinski definition) is 3. The first-order valence-electron chi connectivity index (χ1n) is 6.02. The largest absolute Gasteiger partial charge is 0.399 e. The quantitative estimate of drug-likeness (QED) is 0.566. The molecule has 0 aliphatic rings. The summed E-state index contributed by atoms with van der Waals surface area (Å²) in [5, 5.41) is 5.44. The van der Waals surface area contributed by atoms with Crippen molar-refractivity contribution in [3.63, 3.8) is 0 Å². The van der Waals surface area contributed by atoms with Crippen molar-refractivity contribution in [1.29, 1.82) is 0 Å². The van der Waals surface area contributed by atoms with Crippen LogP contribution in [0.3, 0.4) is 0 Å². The molecule has 19 heavy (non-hydrogen) atoms. The summed E-state index contributed by atoms with van der Waals surface area (Å²) in [5.41, 5.74) is 6.67. The number of anilines is 1. The van der Waals surface area contributed by atoms with E-state index in [4.69, 9.17) is 5.73 Å². The highest BCUT2D eigenvalue weighted by Crippen LogP contribution is 2.17. The minimum absolute atomic E-state index is 0.0269. The molecular formula is C13H18BrN3O2. The molecule has 6 heteroatoms. The van der Waals surface area contributed by atoms with Crippen LogP contribution in [-0.4, -0.2) is 24.9 Å². The highest BCUT2D eigenvalue weighted by atomic mass is 79.9. The van der Waals surface area contributed by atoms with Crippen LogP contribution in [0.4, 0.5) is 5.69 Å². The van der Waals surface area contributed by atoms with E-state index in [0.29, 0.717) is 24.3 Å². The Morgan fingerprint density at radius 2 is 1.84 bits per heavy atom. The predicted molar refractivity (Wildman–Crippen MR) is 78.7 cm³/mol. The first-order valence-corrected chi connectivity index (χ1v) is 6.81. The lowest BCUT2D eigenvalue weighted by Gasteiger charge is -2.09. The van der Waals surface area contributed by atoms with Crippen LogP contribution in [0.25, 0.3) is 0 Å². The van der Waals surface area contributed by atoms with E-state index in [1.54, 1.807) is 18.2 Å². The second-order valence-electron chi connectivity index (χ2n) is 4.47. The molecule has 1 aromatic carbocycles. The molecule has 0 saturated carbocycles. The highest BCUT2D eigenvalue weighted by molar-refractivity contribution is 9.10. The van der Waals surface area contributed by atoms with Gasteiger partial charge in [0.05, 0.1) is 0 Å². The van der Waals surface area contributed by atoms with Crippen molar-refractivity contribution in [2.45, 2.75) is 13.8 Å². The van der Waals surface area contributed by atoms with Gasteiger partial charge in [0.1, 0.15) is 0 Å². The van der Waals surface area contributed by atoms with Gasteiger partial charge in [-0.05, 0) is 18.2 Å². The molecule has 4 N–H and O–H groups in total. The van der Waals surface area contributed by atoms with Crippen molar-refractivity contribution >= 4 is 33.4 Å². The number of nitrogens with one attached hydrogen (secondary N) is 2. The van der Waals surface area contributed by atoms with Gasteiger partial charge in [-0.1, -0.05) is 29.8 Å². The van der Waals surface area contributed by atoms with Gasteiger partial charge in [0.25, 0.3) is 5.91 Å². The topological polar surface area (TPSA) is 84.2 Å². The molecule has 104 valence electrons. The fourth-order valence-corrected chi connectivity index (χ4v) is 1.92. The van der Waals surface area contributed by atoms with Crippen molar-refractivity contribution in [2.24, 2.45) is 5.92 Å². The van der Waals surface area contributed by atoms with E-state index >= 15 is 0 Å². The second kappa shape index (κ2) is 7.13. The van der Waals surface area contributed by atoms with Crippen LogP contribution in [0.1, 0.15) is 24.2 Å². The molecule has 0 unspecified atom stereocenters. The molecule has 1 aromatic rings. The van der Waals surface area contributed by atoms with E-state index in [-0.39, 0.29) is 17.7 Å². The molecule has 0 fully saturated rings. The minimum atomic E-state index is -0.216. The Morgan fingerprint density at radius 3 is 2.42 bits per heavy atom. The highest BCUT2D eigenvalue weighted by Gasteiger charge is 2.08. The van der Waals surface area contributed by atoms with Gasteiger partial charge in [0.2, 0.25) is 5.91 Å². The van der Waals surface area contributed by atoms with E-state index in [2.05, 4.69) is 26.6 Å². The van der Waals surface area contributed by atoms with Gasteiger partial charge in [-0.25, -0.2) is 0 Å². The van der Waals surface area contributed by atoms with Crippen LogP contribution < -0.4 is 16.4 Å². The molecule has 0 aromatic heterocycles. The second-order valence-corrected chi connectivity index (χ2v) is 5.39. The van der Waals surface area contributed by atoms with Crippen molar-refractivity contribution in [3.8, 4) is 0 Å². The number of rotatable bonds is 5. The SMILES string of the molecule is CC(C)C(=O)NCCNC(=O)c1cc(N)cc(Br)c1. The fraction of sp³-hybridized carbons (Fsp3) is 0.385. The number of benzene rings is 1. The Morgan fingerprint density at radius 1 is 1.21 bits per heavy atom. The maximum atomic E-state index is 11.8. The molecule has 0 saturated heterocycles. The first kappa shape index (κ1) is 15.5. The van der Waals surface area contributed by atoms with Crippen molar-refractivity contribution < 1.29 is 9.59 Å². The van der Waals surface area contributed by atoms with Crippen molar-refractivity contribution in [2.75, 3.05) is 18.8 Å². The molecule has 1 rings (SSSR count). The third kappa shape index (κ3) is 5.30. The first-order chi connectivity index (χ1) is 8.90. The average molecular weight is 328 g/mol. The zero-order valence-corrected chi connectivity index (χ0v) is 12.6. The van der Waals surface area contributed by atoms with Crippen LogP contribution in [0.2, 0.25) is 0 Å². The Hall–Kier alpha value is -1.56. The summed E-state index contributed by atoms with van der Waals surface area (Å²) >= 11 is 3.28. The zero-order valence-electron chi connectivity index (χ0n) is 11.0. The summed E-state index contributed by atoms with van der Waals surface area (Å²) in [4.78, 5) is 23.1. The predicted octanol–water partition coefficient (Wildman–Crippen LogP) is 1.53. The monoisotopic (exact) mass is 327 g/mol. The van der Waals surface area contributed by atoms with Gasteiger partial charge in [-0.2, -0.15) is 0 Å². The zero-order chi connectivity index (χ0) is 14.4.